The van der Waals surface area contributed by atoms with Crippen LogP contribution in [0, 0.1) is 5.92 Å². The lowest BCUT2D eigenvalue weighted by Crippen LogP contribution is -2.68. The number of carboxylic acid groups (broad SMARTS) is 1. The van der Waals surface area contributed by atoms with Gasteiger partial charge in [0.05, 0.1) is 6.10 Å². The van der Waals surface area contributed by atoms with E-state index >= 15 is 0 Å². The summed E-state index contributed by atoms with van der Waals surface area (Å²) in [6.07, 6.45) is 0.728. The first-order chi connectivity index (χ1) is 13.3. The Morgan fingerprint density at radius 3 is 1.96 bits per heavy atom. The van der Waals surface area contributed by atoms with Crippen molar-refractivity contribution >= 4 is 24.8 Å². The van der Waals surface area contributed by atoms with Crippen molar-refractivity contribution in [2.45, 2.75) is 31.9 Å². The van der Waals surface area contributed by atoms with Gasteiger partial charge in [0.25, 0.3) is 8.32 Å². The number of benzene rings is 2. The number of hydrogen-bond donors (Lipinski definition) is 1. The van der Waals surface area contributed by atoms with E-state index in [9.17, 15) is 9.90 Å². The molecule has 0 radical (unpaired) electrons. The molecule has 1 amide bonds. The first kappa shape index (κ1) is 20.4. The Balaban J connectivity index is 2.14. The zero-order valence-corrected chi connectivity index (χ0v) is 17.8. The van der Waals surface area contributed by atoms with Crippen molar-refractivity contribution in [2.24, 2.45) is 5.92 Å². The Kier molecular flexibility index (Phi) is 5.77. The molecule has 1 heterocycles. The highest BCUT2D eigenvalue weighted by Gasteiger charge is 2.53. The Bertz CT molecular complexity index is 777. The fraction of sp³-hybridized carbons (Fsp3) is 0.348. The largest absolute Gasteiger partial charge is 0.465 e. The van der Waals surface area contributed by atoms with Crippen molar-refractivity contribution in [1.82, 2.24) is 4.90 Å². The zero-order valence-electron chi connectivity index (χ0n) is 16.8. The highest BCUT2D eigenvalue weighted by Crippen LogP contribution is 2.39. The highest BCUT2D eigenvalue weighted by molar-refractivity contribution is 6.99. The summed E-state index contributed by atoms with van der Waals surface area (Å²) in [5.41, 5.74) is 0. The Hall–Kier alpha value is -2.37. The van der Waals surface area contributed by atoms with Crippen LogP contribution in [0.15, 0.2) is 73.3 Å². The van der Waals surface area contributed by atoms with E-state index in [0.717, 1.165) is 0 Å². The second-order valence-electron chi connectivity index (χ2n) is 8.41. The minimum atomic E-state index is -2.70. The molecule has 3 rings (SSSR count). The lowest BCUT2D eigenvalue weighted by molar-refractivity contribution is 0.142. The molecule has 2 aromatic carbocycles. The standard InChI is InChI=1S/C23H29NO3Si/c1-5-18-16-24(22(25)26)17-21(18)27-28(23(2,3)4,19-12-8-6-9-13-19)20-14-10-7-11-15-20/h5-15,18,21H,1,16-17H2,2-4H3,(H,25,26). The molecule has 1 N–H and O–H groups in total. The van der Waals surface area contributed by atoms with Crippen molar-refractivity contribution < 1.29 is 14.3 Å². The predicted octanol–water partition coefficient (Wildman–Crippen LogP) is 3.73. The molecule has 28 heavy (non-hydrogen) atoms. The maximum atomic E-state index is 11.6. The van der Waals surface area contributed by atoms with Crippen LogP contribution < -0.4 is 10.4 Å². The summed E-state index contributed by atoms with van der Waals surface area (Å²) >= 11 is 0. The molecule has 0 aromatic heterocycles. The monoisotopic (exact) mass is 395 g/mol. The first-order valence-electron chi connectivity index (χ1n) is 9.69. The molecule has 4 nitrogen and oxygen atoms in total. The molecular formula is C23H29NO3Si. The van der Waals surface area contributed by atoms with Gasteiger partial charge >= 0.3 is 6.09 Å². The maximum Gasteiger partial charge on any atom is 0.407 e. The number of carbonyl (C=O) groups is 1. The summed E-state index contributed by atoms with van der Waals surface area (Å²) in [5.74, 6) is -0.0160. The van der Waals surface area contributed by atoms with Crippen LogP contribution in [0.1, 0.15) is 20.8 Å². The van der Waals surface area contributed by atoms with Gasteiger partial charge < -0.3 is 14.4 Å². The third kappa shape index (κ3) is 3.64. The van der Waals surface area contributed by atoms with E-state index in [1.54, 1.807) is 0 Å². The van der Waals surface area contributed by atoms with E-state index in [2.05, 4.69) is 75.9 Å². The fourth-order valence-electron chi connectivity index (χ4n) is 4.22. The van der Waals surface area contributed by atoms with E-state index in [0.29, 0.717) is 13.1 Å². The fourth-order valence-corrected chi connectivity index (χ4v) is 8.94. The van der Waals surface area contributed by atoms with E-state index < -0.39 is 14.4 Å². The summed E-state index contributed by atoms with van der Waals surface area (Å²) in [7, 11) is -2.70. The third-order valence-electron chi connectivity index (χ3n) is 5.63. The molecule has 5 heteroatoms. The molecule has 0 aliphatic carbocycles. The van der Waals surface area contributed by atoms with Gasteiger partial charge in [-0.05, 0) is 15.4 Å². The third-order valence-corrected chi connectivity index (χ3v) is 10.7. The van der Waals surface area contributed by atoms with Crippen molar-refractivity contribution in [2.75, 3.05) is 13.1 Å². The van der Waals surface area contributed by atoms with Crippen LogP contribution in [0.3, 0.4) is 0 Å². The summed E-state index contributed by atoms with van der Waals surface area (Å²) in [4.78, 5) is 13.0. The summed E-state index contributed by atoms with van der Waals surface area (Å²) in [6, 6.07) is 20.9. The maximum absolute atomic E-state index is 11.6. The molecule has 1 fully saturated rings. The predicted molar refractivity (Wildman–Crippen MR) is 116 cm³/mol. The first-order valence-corrected chi connectivity index (χ1v) is 11.6. The second kappa shape index (κ2) is 7.93. The number of rotatable bonds is 5. The average Bonchev–Trinajstić information content (AvgIpc) is 3.09. The van der Waals surface area contributed by atoms with Gasteiger partial charge in [0, 0.05) is 19.0 Å². The van der Waals surface area contributed by atoms with E-state index in [4.69, 9.17) is 4.43 Å². The Morgan fingerprint density at radius 2 is 1.57 bits per heavy atom. The van der Waals surface area contributed by atoms with Gasteiger partial charge in [0.1, 0.15) is 0 Å². The van der Waals surface area contributed by atoms with Crippen LogP contribution in [0.5, 0.6) is 0 Å². The molecule has 0 spiro atoms. The lowest BCUT2D eigenvalue weighted by Gasteiger charge is -2.45. The van der Waals surface area contributed by atoms with Crippen LogP contribution in [0.2, 0.25) is 5.04 Å². The van der Waals surface area contributed by atoms with E-state index in [1.807, 2.05) is 18.2 Å². The van der Waals surface area contributed by atoms with Gasteiger partial charge in [-0.2, -0.15) is 0 Å². The molecule has 1 aliphatic rings. The topological polar surface area (TPSA) is 49.8 Å². The molecular weight excluding hydrogens is 366 g/mol. The Labute approximate surface area is 168 Å². The smallest absolute Gasteiger partial charge is 0.407 e. The molecule has 2 unspecified atom stereocenters. The van der Waals surface area contributed by atoms with E-state index in [1.165, 1.54) is 15.3 Å². The van der Waals surface area contributed by atoms with Crippen molar-refractivity contribution in [1.29, 1.82) is 0 Å². The minimum absolute atomic E-state index is 0.0160. The molecule has 0 saturated carbocycles. The normalized spacial score (nSPS) is 20.2. The number of nitrogens with zero attached hydrogens (tertiary/aromatic N) is 1. The van der Waals surface area contributed by atoms with E-state index in [-0.39, 0.29) is 17.1 Å². The van der Waals surface area contributed by atoms with Crippen LogP contribution in [-0.2, 0) is 4.43 Å². The zero-order chi connectivity index (χ0) is 20.4. The quantitative estimate of drug-likeness (QED) is 0.620. The molecule has 1 saturated heterocycles. The second-order valence-corrected chi connectivity index (χ2v) is 12.7. The lowest BCUT2D eigenvalue weighted by atomic mass is 10.1. The minimum Gasteiger partial charge on any atom is -0.465 e. The van der Waals surface area contributed by atoms with Crippen LogP contribution in [0.25, 0.3) is 0 Å². The summed E-state index contributed by atoms with van der Waals surface area (Å²) < 4.78 is 7.08. The van der Waals surface area contributed by atoms with Gasteiger partial charge in [0.2, 0.25) is 0 Å². The van der Waals surface area contributed by atoms with Crippen LogP contribution >= 0.6 is 0 Å². The van der Waals surface area contributed by atoms with Gasteiger partial charge in [-0.1, -0.05) is 87.5 Å². The molecule has 0 bridgehead atoms. The number of amides is 1. The molecule has 1 aliphatic heterocycles. The van der Waals surface area contributed by atoms with Gasteiger partial charge in [-0.25, -0.2) is 4.79 Å². The number of hydrogen-bond acceptors (Lipinski definition) is 2. The van der Waals surface area contributed by atoms with Gasteiger partial charge in [-0.3, -0.25) is 0 Å². The Morgan fingerprint density at radius 1 is 1.07 bits per heavy atom. The average molecular weight is 396 g/mol. The van der Waals surface area contributed by atoms with Crippen molar-refractivity contribution in [3.05, 3.63) is 73.3 Å². The van der Waals surface area contributed by atoms with Crippen LogP contribution in [0.4, 0.5) is 4.79 Å². The summed E-state index contributed by atoms with van der Waals surface area (Å²) in [5, 5.41) is 11.7. The SMILES string of the molecule is C=CC1CN(C(=O)O)CC1O[Si](c1ccccc1)(c1ccccc1)C(C)(C)C. The van der Waals surface area contributed by atoms with Gasteiger partial charge in [-0.15, -0.1) is 6.58 Å². The molecule has 2 atom stereocenters. The molecule has 148 valence electrons. The van der Waals surface area contributed by atoms with Gasteiger partial charge in [0.15, 0.2) is 0 Å². The van der Waals surface area contributed by atoms with Crippen LogP contribution in [-0.4, -0.2) is 43.6 Å². The van der Waals surface area contributed by atoms with Crippen molar-refractivity contribution in [3.8, 4) is 0 Å². The number of likely N-dealkylation sites (tertiary alicyclic amines) is 1. The highest BCUT2D eigenvalue weighted by atomic mass is 28.4. The van der Waals surface area contributed by atoms with Crippen molar-refractivity contribution in [3.63, 3.8) is 0 Å². The summed E-state index contributed by atoms with van der Waals surface area (Å²) in [6.45, 7) is 11.4. The molecule has 2 aromatic rings.